The van der Waals surface area contributed by atoms with Gasteiger partial charge < -0.3 is 9.84 Å². The van der Waals surface area contributed by atoms with Gasteiger partial charge in [-0.05, 0) is 42.3 Å². The lowest BCUT2D eigenvalue weighted by Gasteiger charge is -2.12. The molecule has 0 amide bonds. The Bertz CT molecular complexity index is 540. The maximum atomic E-state index is 13.1. The Morgan fingerprint density at radius 3 is 2.68 bits per heavy atom. The summed E-state index contributed by atoms with van der Waals surface area (Å²) in [6.45, 7) is 2.50. The number of hydrogen-bond donors (Lipinski definition) is 1. The van der Waals surface area contributed by atoms with E-state index in [1.54, 1.807) is 12.1 Å². The van der Waals surface area contributed by atoms with E-state index in [9.17, 15) is 9.50 Å². The predicted molar refractivity (Wildman–Crippen MR) is 72.7 cm³/mol. The smallest absolute Gasteiger partial charge is 0.123 e. The minimum Gasteiger partial charge on any atom is -0.494 e. The number of ether oxygens (including phenoxy) is 1. The van der Waals surface area contributed by atoms with Crippen molar-refractivity contribution in [1.29, 1.82) is 0 Å². The van der Waals surface area contributed by atoms with E-state index in [0.29, 0.717) is 13.0 Å². The first-order chi connectivity index (χ1) is 9.19. The molecule has 1 unspecified atom stereocenters. The molecule has 0 spiro atoms. The Balaban J connectivity index is 2.11. The molecule has 0 fully saturated rings. The number of hydrogen-bond acceptors (Lipinski definition) is 2. The zero-order valence-electron chi connectivity index (χ0n) is 10.8. The molecule has 0 radical (unpaired) electrons. The highest BCUT2D eigenvalue weighted by Gasteiger charge is 2.10. The van der Waals surface area contributed by atoms with Crippen molar-refractivity contribution in [2.45, 2.75) is 19.4 Å². The molecule has 0 heterocycles. The molecule has 0 aliphatic heterocycles. The van der Waals surface area contributed by atoms with Gasteiger partial charge in [0.2, 0.25) is 0 Å². The Morgan fingerprint density at radius 2 is 1.95 bits per heavy atom. The number of halogens is 1. The average molecular weight is 260 g/mol. The number of rotatable bonds is 5. The SMILES string of the molecule is CCOc1cccc(C(O)Cc2cccc(F)c2)c1. The maximum Gasteiger partial charge on any atom is 0.123 e. The van der Waals surface area contributed by atoms with Crippen molar-refractivity contribution >= 4 is 0 Å². The first-order valence-corrected chi connectivity index (χ1v) is 6.34. The molecule has 0 aliphatic rings. The standard InChI is InChI=1S/C16H17FO2/c1-2-19-15-8-4-6-13(11-15)16(18)10-12-5-3-7-14(17)9-12/h3-9,11,16,18H,2,10H2,1H3. The van der Waals surface area contributed by atoms with Crippen LogP contribution in [0.25, 0.3) is 0 Å². The van der Waals surface area contributed by atoms with Gasteiger partial charge in [0, 0.05) is 6.42 Å². The summed E-state index contributed by atoms with van der Waals surface area (Å²) in [7, 11) is 0. The van der Waals surface area contributed by atoms with Crippen LogP contribution in [-0.2, 0) is 6.42 Å². The highest BCUT2D eigenvalue weighted by molar-refractivity contribution is 5.31. The van der Waals surface area contributed by atoms with Crippen LogP contribution in [0.4, 0.5) is 4.39 Å². The van der Waals surface area contributed by atoms with Crippen molar-refractivity contribution in [2.75, 3.05) is 6.61 Å². The molecule has 0 bridgehead atoms. The van der Waals surface area contributed by atoms with Crippen LogP contribution in [0.2, 0.25) is 0 Å². The second-order valence-corrected chi connectivity index (χ2v) is 4.36. The molecule has 2 aromatic carbocycles. The van der Waals surface area contributed by atoms with Gasteiger partial charge in [0.15, 0.2) is 0 Å². The Hall–Kier alpha value is -1.87. The highest BCUT2D eigenvalue weighted by Crippen LogP contribution is 2.22. The van der Waals surface area contributed by atoms with Crippen LogP contribution in [0.3, 0.4) is 0 Å². The normalized spacial score (nSPS) is 12.2. The Labute approximate surface area is 112 Å². The number of benzene rings is 2. The number of aliphatic hydroxyl groups is 1. The lowest BCUT2D eigenvalue weighted by molar-refractivity contribution is 0.178. The lowest BCUT2D eigenvalue weighted by atomic mass is 10.0. The molecule has 19 heavy (non-hydrogen) atoms. The van der Waals surface area contributed by atoms with Gasteiger partial charge in [0.25, 0.3) is 0 Å². The van der Waals surface area contributed by atoms with Crippen LogP contribution in [-0.4, -0.2) is 11.7 Å². The van der Waals surface area contributed by atoms with Crippen LogP contribution in [0.1, 0.15) is 24.2 Å². The molecule has 100 valence electrons. The monoisotopic (exact) mass is 260 g/mol. The molecule has 0 aromatic heterocycles. The Kier molecular flexibility index (Phi) is 4.53. The average Bonchev–Trinajstić information content (AvgIpc) is 2.39. The fourth-order valence-electron chi connectivity index (χ4n) is 1.98. The van der Waals surface area contributed by atoms with Crippen molar-refractivity contribution in [2.24, 2.45) is 0 Å². The zero-order valence-corrected chi connectivity index (χ0v) is 10.8. The lowest BCUT2D eigenvalue weighted by Crippen LogP contribution is -2.02. The van der Waals surface area contributed by atoms with Crippen LogP contribution < -0.4 is 4.74 Å². The van der Waals surface area contributed by atoms with E-state index in [2.05, 4.69) is 0 Å². The van der Waals surface area contributed by atoms with Crippen molar-refractivity contribution in [3.63, 3.8) is 0 Å². The fourth-order valence-corrected chi connectivity index (χ4v) is 1.98. The van der Waals surface area contributed by atoms with Gasteiger partial charge in [-0.15, -0.1) is 0 Å². The van der Waals surface area contributed by atoms with E-state index in [0.717, 1.165) is 16.9 Å². The van der Waals surface area contributed by atoms with Gasteiger partial charge in [0.05, 0.1) is 12.7 Å². The second kappa shape index (κ2) is 6.34. The van der Waals surface area contributed by atoms with E-state index in [4.69, 9.17) is 4.74 Å². The molecule has 0 saturated heterocycles. The molecule has 0 aliphatic carbocycles. The molecule has 2 aromatic rings. The summed E-state index contributed by atoms with van der Waals surface area (Å²) >= 11 is 0. The third-order valence-corrected chi connectivity index (χ3v) is 2.87. The van der Waals surface area contributed by atoms with Gasteiger partial charge >= 0.3 is 0 Å². The third kappa shape index (κ3) is 3.80. The summed E-state index contributed by atoms with van der Waals surface area (Å²) in [5.41, 5.74) is 1.55. The quantitative estimate of drug-likeness (QED) is 0.891. The first kappa shape index (κ1) is 13.6. The van der Waals surface area contributed by atoms with Crippen molar-refractivity contribution in [3.05, 3.63) is 65.5 Å². The van der Waals surface area contributed by atoms with Gasteiger partial charge in [-0.1, -0.05) is 24.3 Å². The molecule has 2 nitrogen and oxygen atoms in total. The van der Waals surface area contributed by atoms with Crippen LogP contribution in [0, 0.1) is 5.82 Å². The first-order valence-electron chi connectivity index (χ1n) is 6.34. The van der Waals surface area contributed by atoms with Crippen LogP contribution in [0.15, 0.2) is 48.5 Å². The molecule has 1 atom stereocenters. The minimum absolute atomic E-state index is 0.284. The van der Waals surface area contributed by atoms with E-state index in [1.165, 1.54) is 12.1 Å². The zero-order chi connectivity index (χ0) is 13.7. The van der Waals surface area contributed by atoms with Gasteiger partial charge in [-0.2, -0.15) is 0 Å². The second-order valence-electron chi connectivity index (χ2n) is 4.36. The van der Waals surface area contributed by atoms with Gasteiger partial charge in [-0.25, -0.2) is 4.39 Å². The summed E-state index contributed by atoms with van der Waals surface area (Å²) in [6, 6.07) is 13.6. The molecule has 2 rings (SSSR count). The van der Waals surface area contributed by atoms with Gasteiger partial charge in [-0.3, -0.25) is 0 Å². The minimum atomic E-state index is -0.665. The predicted octanol–water partition coefficient (Wildman–Crippen LogP) is 3.50. The largest absolute Gasteiger partial charge is 0.494 e. The number of aliphatic hydroxyl groups excluding tert-OH is 1. The van der Waals surface area contributed by atoms with Crippen molar-refractivity contribution in [1.82, 2.24) is 0 Å². The summed E-state index contributed by atoms with van der Waals surface area (Å²) in [5, 5.41) is 10.2. The molecule has 0 saturated carbocycles. The molecular formula is C16H17FO2. The maximum absolute atomic E-state index is 13.1. The van der Waals surface area contributed by atoms with Crippen molar-refractivity contribution < 1.29 is 14.2 Å². The van der Waals surface area contributed by atoms with E-state index < -0.39 is 6.10 Å². The Morgan fingerprint density at radius 1 is 1.16 bits per heavy atom. The molecule has 3 heteroatoms. The topological polar surface area (TPSA) is 29.5 Å². The van der Waals surface area contributed by atoms with Crippen molar-refractivity contribution in [3.8, 4) is 5.75 Å². The summed E-state index contributed by atoms with van der Waals surface area (Å²) in [6.07, 6.45) is -0.282. The van der Waals surface area contributed by atoms with E-state index in [-0.39, 0.29) is 5.82 Å². The summed E-state index contributed by atoms with van der Waals surface area (Å²) in [4.78, 5) is 0. The van der Waals surface area contributed by atoms with E-state index in [1.807, 2.05) is 31.2 Å². The molecular weight excluding hydrogens is 243 g/mol. The van der Waals surface area contributed by atoms with Gasteiger partial charge in [0.1, 0.15) is 11.6 Å². The summed E-state index contributed by atoms with van der Waals surface area (Å²) < 4.78 is 18.5. The molecule has 1 N–H and O–H groups in total. The summed E-state index contributed by atoms with van der Waals surface area (Å²) in [5.74, 6) is 0.450. The highest BCUT2D eigenvalue weighted by atomic mass is 19.1. The van der Waals surface area contributed by atoms with E-state index >= 15 is 0 Å². The van der Waals surface area contributed by atoms with Crippen LogP contribution >= 0.6 is 0 Å². The van der Waals surface area contributed by atoms with Crippen LogP contribution in [0.5, 0.6) is 5.75 Å². The third-order valence-electron chi connectivity index (χ3n) is 2.87. The fraction of sp³-hybridized carbons (Fsp3) is 0.250.